The summed E-state index contributed by atoms with van der Waals surface area (Å²) in [6.07, 6.45) is -0.794. The lowest BCUT2D eigenvalue weighted by molar-refractivity contribution is 0.175. The van der Waals surface area contributed by atoms with E-state index in [1.807, 2.05) is 36.6 Å². The molecule has 3 N–H and O–H groups in total. The normalized spacial score (nSPS) is 11.7. The molecule has 0 unspecified atom stereocenters. The van der Waals surface area contributed by atoms with E-state index in [0.29, 0.717) is 17.0 Å². The number of aliphatic hydroxyl groups excluding tert-OH is 1. The third-order valence-corrected chi connectivity index (χ3v) is 5.94. The number of amides is 2. The second kappa shape index (κ2) is 9.59. The van der Waals surface area contributed by atoms with Crippen LogP contribution in [0.1, 0.15) is 17.4 Å². The summed E-state index contributed by atoms with van der Waals surface area (Å²) in [5, 5.41) is 17.6. The Hall–Kier alpha value is -2.55. The number of anilines is 1. The van der Waals surface area contributed by atoms with Gasteiger partial charge in [-0.05, 0) is 48.9 Å². The average Bonchev–Trinajstić information content (AvgIpc) is 3.12. The first-order valence-electron chi connectivity index (χ1n) is 8.60. The Balaban J connectivity index is 1.47. The zero-order valence-electron chi connectivity index (χ0n) is 15.5. The minimum absolute atomic E-state index is 0.107. The molecular weight excluding hydrogens is 394 g/mol. The van der Waals surface area contributed by atoms with E-state index < -0.39 is 6.10 Å². The van der Waals surface area contributed by atoms with E-state index in [2.05, 4.69) is 15.6 Å². The van der Waals surface area contributed by atoms with Crippen molar-refractivity contribution >= 4 is 34.8 Å². The number of aliphatic hydroxyl groups is 1. The number of ether oxygens (including phenoxy) is 1. The van der Waals surface area contributed by atoms with Crippen LogP contribution in [0.5, 0.6) is 5.75 Å². The Labute approximate surface area is 172 Å². The smallest absolute Gasteiger partial charge is 0.319 e. The van der Waals surface area contributed by atoms with Crippen LogP contribution in [-0.4, -0.2) is 29.8 Å². The average molecular weight is 416 g/mol. The molecule has 0 spiro atoms. The molecular formula is C20H21N3O3S2. The number of carbonyl (C=O) groups excluding carboxylic acids is 1. The summed E-state index contributed by atoms with van der Waals surface area (Å²) in [7, 11) is 1.59. The molecule has 6 nitrogen and oxygen atoms in total. The number of nitrogens with one attached hydrogen (secondary N) is 2. The summed E-state index contributed by atoms with van der Waals surface area (Å²) >= 11 is 3.20. The number of methoxy groups -OCH3 is 1. The number of urea groups is 1. The van der Waals surface area contributed by atoms with Gasteiger partial charge < -0.3 is 20.5 Å². The van der Waals surface area contributed by atoms with Crippen molar-refractivity contribution in [3.63, 3.8) is 0 Å². The molecule has 2 amide bonds. The molecule has 8 heteroatoms. The number of hydrogen-bond acceptors (Lipinski definition) is 6. The van der Waals surface area contributed by atoms with Crippen LogP contribution in [0.25, 0.3) is 0 Å². The fraction of sp³-hybridized carbons (Fsp3) is 0.200. The lowest BCUT2D eigenvalue weighted by Gasteiger charge is -2.13. The van der Waals surface area contributed by atoms with Gasteiger partial charge in [-0.15, -0.1) is 11.3 Å². The van der Waals surface area contributed by atoms with Gasteiger partial charge in [0.15, 0.2) is 4.34 Å². The van der Waals surface area contributed by atoms with E-state index in [1.54, 1.807) is 54.5 Å². The molecule has 0 aliphatic carbocycles. The van der Waals surface area contributed by atoms with Gasteiger partial charge in [-0.25, -0.2) is 9.78 Å². The summed E-state index contributed by atoms with van der Waals surface area (Å²) in [5.74, 6) is 0.716. The minimum Gasteiger partial charge on any atom is -0.497 e. The van der Waals surface area contributed by atoms with Crippen LogP contribution in [0.4, 0.5) is 10.5 Å². The van der Waals surface area contributed by atoms with Gasteiger partial charge in [0.25, 0.3) is 0 Å². The van der Waals surface area contributed by atoms with Gasteiger partial charge in [-0.2, -0.15) is 0 Å². The highest BCUT2D eigenvalue weighted by atomic mass is 32.2. The molecule has 0 aliphatic rings. The van der Waals surface area contributed by atoms with Gasteiger partial charge in [0.2, 0.25) is 0 Å². The van der Waals surface area contributed by atoms with Gasteiger partial charge in [-0.3, -0.25) is 0 Å². The maximum Gasteiger partial charge on any atom is 0.319 e. The Morgan fingerprint density at radius 1 is 1.21 bits per heavy atom. The molecule has 146 valence electrons. The van der Waals surface area contributed by atoms with Crippen LogP contribution in [0.3, 0.4) is 0 Å². The summed E-state index contributed by atoms with van der Waals surface area (Å²) in [6, 6.07) is 14.2. The Morgan fingerprint density at radius 2 is 1.93 bits per heavy atom. The number of carbonyl (C=O) groups is 1. The SMILES string of the molecule is COc1ccc([C@H](O)CNC(=O)Nc2ccc(Sc3nc(C)cs3)cc2)cc1. The monoisotopic (exact) mass is 415 g/mol. The largest absolute Gasteiger partial charge is 0.497 e. The molecule has 0 saturated carbocycles. The summed E-state index contributed by atoms with van der Waals surface area (Å²) in [4.78, 5) is 17.5. The van der Waals surface area contributed by atoms with Gasteiger partial charge in [0, 0.05) is 28.2 Å². The molecule has 1 aromatic heterocycles. The van der Waals surface area contributed by atoms with E-state index >= 15 is 0 Å². The van der Waals surface area contributed by atoms with E-state index in [0.717, 1.165) is 14.9 Å². The first-order valence-corrected chi connectivity index (χ1v) is 10.3. The molecule has 3 rings (SSSR count). The first kappa shape index (κ1) is 20.2. The summed E-state index contributed by atoms with van der Waals surface area (Å²) < 4.78 is 6.08. The molecule has 1 atom stereocenters. The summed E-state index contributed by atoms with van der Waals surface area (Å²) in [6.45, 7) is 2.08. The molecule has 28 heavy (non-hydrogen) atoms. The molecule has 0 bridgehead atoms. The van der Waals surface area contributed by atoms with Crippen LogP contribution in [0.15, 0.2) is 63.1 Å². The fourth-order valence-corrected chi connectivity index (χ4v) is 4.20. The van der Waals surface area contributed by atoms with E-state index in [9.17, 15) is 9.90 Å². The standard InChI is InChI=1S/C20H21N3O3S2/c1-13-12-27-20(22-13)28-17-9-5-15(6-10-17)23-19(25)21-11-18(24)14-3-7-16(26-2)8-4-14/h3-10,12,18,24H,11H2,1-2H3,(H2,21,23,25)/t18-/m1/s1. The first-order chi connectivity index (χ1) is 13.5. The van der Waals surface area contributed by atoms with Crippen molar-refractivity contribution in [2.45, 2.75) is 22.3 Å². The maximum absolute atomic E-state index is 12.1. The number of hydrogen-bond donors (Lipinski definition) is 3. The van der Waals surface area contributed by atoms with Crippen molar-refractivity contribution in [3.8, 4) is 5.75 Å². The third-order valence-electron chi connectivity index (χ3n) is 3.87. The van der Waals surface area contributed by atoms with Gasteiger partial charge >= 0.3 is 6.03 Å². The van der Waals surface area contributed by atoms with Crippen molar-refractivity contribution in [2.24, 2.45) is 0 Å². The molecule has 2 aromatic carbocycles. The number of rotatable bonds is 7. The Bertz CT molecular complexity index is 911. The highest BCUT2D eigenvalue weighted by molar-refractivity contribution is 8.01. The summed E-state index contributed by atoms with van der Waals surface area (Å²) in [5.41, 5.74) is 2.40. The molecule has 1 heterocycles. The zero-order chi connectivity index (χ0) is 19.9. The predicted molar refractivity (Wildman–Crippen MR) is 112 cm³/mol. The minimum atomic E-state index is -0.794. The Kier molecular flexibility index (Phi) is 6.91. The van der Waals surface area contributed by atoms with Gasteiger partial charge in [-0.1, -0.05) is 23.9 Å². The third kappa shape index (κ3) is 5.72. The molecule has 0 aliphatic heterocycles. The lowest BCUT2D eigenvalue weighted by atomic mass is 10.1. The van der Waals surface area contributed by atoms with Gasteiger partial charge in [0.05, 0.1) is 13.2 Å². The fourth-order valence-electron chi connectivity index (χ4n) is 2.39. The van der Waals surface area contributed by atoms with Crippen molar-refractivity contribution in [1.82, 2.24) is 10.3 Å². The van der Waals surface area contributed by atoms with E-state index in [1.165, 1.54) is 0 Å². The molecule has 0 saturated heterocycles. The van der Waals surface area contributed by atoms with Crippen LogP contribution >= 0.6 is 23.1 Å². The van der Waals surface area contributed by atoms with Crippen LogP contribution < -0.4 is 15.4 Å². The number of benzene rings is 2. The second-order valence-corrected chi connectivity index (χ2v) is 8.18. The molecule has 0 radical (unpaired) electrons. The van der Waals surface area contributed by atoms with Gasteiger partial charge in [0.1, 0.15) is 5.75 Å². The topological polar surface area (TPSA) is 83.5 Å². The van der Waals surface area contributed by atoms with E-state index in [-0.39, 0.29) is 12.6 Å². The maximum atomic E-state index is 12.1. The van der Waals surface area contributed by atoms with Crippen LogP contribution in [-0.2, 0) is 0 Å². The zero-order valence-corrected chi connectivity index (χ0v) is 17.1. The number of aryl methyl sites for hydroxylation is 1. The van der Waals surface area contributed by atoms with Crippen molar-refractivity contribution in [1.29, 1.82) is 0 Å². The quantitative estimate of drug-likeness (QED) is 0.530. The van der Waals surface area contributed by atoms with Crippen LogP contribution in [0, 0.1) is 6.92 Å². The second-order valence-electron chi connectivity index (χ2n) is 6.01. The highest BCUT2D eigenvalue weighted by Gasteiger charge is 2.10. The molecule has 0 fully saturated rings. The van der Waals surface area contributed by atoms with Crippen molar-refractivity contribution in [2.75, 3.05) is 19.0 Å². The Morgan fingerprint density at radius 3 is 2.54 bits per heavy atom. The highest BCUT2D eigenvalue weighted by Crippen LogP contribution is 2.30. The number of thiazole rings is 1. The number of aromatic nitrogens is 1. The van der Waals surface area contributed by atoms with Crippen molar-refractivity contribution < 1.29 is 14.6 Å². The van der Waals surface area contributed by atoms with Crippen LogP contribution in [0.2, 0.25) is 0 Å². The number of nitrogens with zero attached hydrogens (tertiary/aromatic N) is 1. The van der Waals surface area contributed by atoms with Crippen molar-refractivity contribution in [3.05, 3.63) is 65.2 Å². The van der Waals surface area contributed by atoms with E-state index in [4.69, 9.17) is 4.74 Å². The molecule has 3 aromatic rings. The lowest BCUT2D eigenvalue weighted by Crippen LogP contribution is -2.32. The predicted octanol–water partition coefficient (Wildman–Crippen LogP) is 4.47.